The standard InChI is InChI=1S/C14H22N4O4S/c1-17(23(2,20)21)11-14(19)16-10-12-3-4-13(15-9-12)18-5-7-22-8-6-18/h3-4,9H,5-8,10-11H2,1-2H3,(H,16,19). The van der Waals surface area contributed by atoms with Crippen LogP contribution in [0, 0.1) is 0 Å². The Labute approximate surface area is 136 Å². The summed E-state index contributed by atoms with van der Waals surface area (Å²) in [5.74, 6) is 0.537. The van der Waals surface area contributed by atoms with Gasteiger partial charge in [-0.1, -0.05) is 6.07 Å². The maximum Gasteiger partial charge on any atom is 0.235 e. The van der Waals surface area contributed by atoms with Crippen LogP contribution in [0.3, 0.4) is 0 Å². The monoisotopic (exact) mass is 342 g/mol. The molecule has 1 aliphatic rings. The Kier molecular flexibility index (Phi) is 5.91. The lowest BCUT2D eigenvalue weighted by molar-refractivity contribution is -0.121. The van der Waals surface area contributed by atoms with Crippen molar-refractivity contribution in [3.8, 4) is 0 Å². The van der Waals surface area contributed by atoms with Crippen LogP contribution < -0.4 is 10.2 Å². The van der Waals surface area contributed by atoms with Crippen LogP contribution in [0.4, 0.5) is 5.82 Å². The molecule has 2 rings (SSSR count). The molecule has 0 bridgehead atoms. The highest BCUT2D eigenvalue weighted by Crippen LogP contribution is 2.12. The second kappa shape index (κ2) is 7.71. The normalized spacial score (nSPS) is 15.7. The van der Waals surface area contributed by atoms with E-state index in [-0.39, 0.29) is 12.5 Å². The number of carbonyl (C=O) groups excluding carboxylic acids is 1. The minimum atomic E-state index is -3.35. The number of aromatic nitrogens is 1. The molecule has 0 aliphatic carbocycles. The molecule has 8 nitrogen and oxygen atoms in total. The number of rotatable bonds is 6. The van der Waals surface area contributed by atoms with Crippen molar-refractivity contribution < 1.29 is 17.9 Å². The first kappa shape index (κ1) is 17.6. The van der Waals surface area contributed by atoms with Gasteiger partial charge in [0, 0.05) is 32.9 Å². The Hall–Kier alpha value is -1.71. The summed E-state index contributed by atoms with van der Waals surface area (Å²) in [5.41, 5.74) is 0.859. The Morgan fingerprint density at radius 2 is 2.09 bits per heavy atom. The third-order valence-electron chi connectivity index (χ3n) is 3.57. The number of nitrogens with one attached hydrogen (secondary N) is 1. The van der Waals surface area contributed by atoms with E-state index in [1.807, 2.05) is 12.1 Å². The lowest BCUT2D eigenvalue weighted by atomic mass is 10.2. The number of carbonyl (C=O) groups is 1. The average molecular weight is 342 g/mol. The van der Waals surface area contributed by atoms with Crippen molar-refractivity contribution in [1.29, 1.82) is 0 Å². The van der Waals surface area contributed by atoms with E-state index < -0.39 is 10.0 Å². The fourth-order valence-corrected chi connectivity index (χ4v) is 2.43. The molecule has 0 atom stereocenters. The van der Waals surface area contributed by atoms with Gasteiger partial charge in [0.2, 0.25) is 15.9 Å². The van der Waals surface area contributed by atoms with Crippen LogP contribution in [0.25, 0.3) is 0 Å². The lowest BCUT2D eigenvalue weighted by Crippen LogP contribution is -2.37. The van der Waals surface area contributed by atoms with Gasteiger partial charge in [0.15, 0.2) is 0 Å². The summed E-state index contributed by atoms with van der Waals surface area (Å²) in [4.78, 5) is 18.3. The van der Waals surface area contributed by atoms with E-state index in [2.05, 4.69) is 15.2 Å². The predicted molar refractivity (Wildman–Crippen MR) is 86.6 cm³/mol. The molecule has 0 saturated carbocycles. The Balaban J connectivity index is 1.83. The SMILES string of the molecule is CN(CC(=O)NCc1ccc(N2CCOCC2)nc1)S(C)(=O)=O. The van der Waals surface area contributed by atoms with Gasteiger partial charge in [-0.25, -0.2) is 13.4 Å². The van der Waals surface area contributed by atoms with E-state index >= 15 is 0 Å². The van der Waals surface area contributed by atoms with E-state index in [0.29, 0.717) is 19.8 Å². The lowest BCUT2D eigenvalue weighted by Gasteiger charge is -2.27. The topological polar surface area (TPSA) is 91.8 Å². The number of morpholine rings is 1. The van der Waals surface area contributed by atoms with Gasteiger partial charge in [0.05, 0.1) is 26.0 Å². The minimum Gasteiger partial charge on any atom is -0.378 e. The van der Waals surface area contributed by atoms with Crippen molar-refractivity contribution in [2.75, 3.05) is 51.1 Å². The minimum absolute atomic E-state index is 0.196. The van der Waals surface area contributed by atoms with Gasteiger partial charge in [-0.2, -0.15) is 4.31 Å². The summed E-state index contributed by atoms with van der Waals surface area (Å²) in [6, 6.07) is 3.81. The molecule has 1 aromatic heterocycles. The number of hydrogen-bond donors (Lipinski definition) is 1. The number of anilines is 1. The van der Waals surface area contributed by atoms with E-state index in [9.17, 15) is 13.2 Å². The zero-order valence-corrected chi connectivity index (χ0v) is 14.2. The van der Waals surface area contributed by atoms with Crippen LogP contribution in [0.2, 0.25) is 0 Å². The van der Waals surface area contributed by atoms with E-state index in [1.165, 1.54) is 7.05 Å². The molecule has 0 unspecified atom stereocenters. The molecule has 23 heavy (non-hydrogen) atoms. The highest BCUT2D eigenvalue weighted by Gasteiger charge is 2.15. The van der Waals surface area contributed by atoms with Gasteiger partial charge in [-0.3, -0.25) is 4.79 Å². The summed E-state index contributed by atoms with van der Waals surface area (Å²) < 4.78 is 28.8. The van der Waals surface area contributed by atoms with E-state index in [1.54, 1.807) is 6.20 Å². The third kappa shape index (κ3) is 5.45. The Morgan fingerprint density at radius 3 is 2.65 bits per heavy atom. The van der Waals surface area contributed by atoms with Crippen molar-refractivity contribution in [1.82, 2.24) is 14.6 Å². The van der Waals surface area contributed by atoms with Crippen molar-refractivity contribution in [3.05, 3.63) is 23.9 Å². The molecule has 0 spiro atoms. The second-order valence-electron chi connectivity index (χ2n) is 5.42. The van der Waals surface area contributed by atoms with E-state index in [0.717, 1.165) is 35.0 Å². The molecule has 9 heteroatoms. The maximum absolute atomic E-state index is 11.7. The summed E-state index contributed by atoms with van der Waals surface area (Å²) >= 11 is 0. The smallest absolute Gasteiger partial charge is 0.235 e. The van der Waals surface area contributed by atoms with Gasteiger partial charge in [0.1, 0.15) is 5.82 Å². The van der Waals surface area contributed by atoms with Crippen molar-refractivity contribution in [2.24, 2.45) is 0 Å². The number of nitrogens with zero attached hydrogens (tertiary/aromatic N) is 3. The number of likely N-dealkylation sites (N-methyl/N-ethyl adjacent to an activating group) is 1. The number of sulfonamides is 1. The largest absolute Gasteiger partial charge is 0.378 e. The molecule has 128 valence electrons. The third-order valence-corrected chi connectivity index (χ3v) is 4.83. The highest BCUT2D eigenvalue weighted by molar-refractivity contribution is 7.88. The highest BCUT2D eigenvalue weighted by atomic mass is 32.2. The molecule has 1 saturated heterocycles. The van der Waals surface area contributed by atoms with Crippen LogP contribution in [0.5, 0.6) is 0 Å². The quantitative estimate of drug-likeness (QED) is 0.744. The van der Waals surface area contributed by atoms with Gasteiger partial charge in [-0.05, 0) is 11.6 Å². The molecule has 1 aliphatic heterocycles. The number of pyridine rings is 1. The van der Waals surface area contributed by atoms with Gasteiger partial charge in [0.25, 0.3) is 0 Å². The summed E-state index contributed by atoms with van der Waals surface area (Å²) in [5, 5.41) is 2.68. The fourth-order valence-electron chi connectivity index (χ4n) is 2.08. The molecule has 0 aromatic carbocycles. The predicted octanol–water partition coefficient (Wildman–Crippen LogP) is -0.574. The molecule has 2 heterocycles. The first-order valence-electron chi connectivity index (χ1n) is 7.32. The first-order chi connectivity index (χ1) is 10.9. The van der Waals surface area contributed by atoms with Crippen LogP contribution in [-0.4, -0.2) is 69.8 Å². The molecule has 1 amide bonds. The average Bonchev–Trinajstić information content (AvgIpc) is 2.53. The summed E-state index contributed by atoms with van der Waals surface area (Å²) in [6.45, 7) is 3.16. The van der Waals surface area contributed by atoms with Gasteiger partial charge < -0.3 is 15.0 Å². The van der Waals surface area contributed by atoms with Crippen LogP contribution in [0.15, 0.2) is 18.3 Å². The fraction of sp³-hybridized carbons (Fsp3) is 0.571. The van der Waals surface area contributed by atoms with Crippen molar-refractivity contribution in [2.45, 2.75) is 6.54 Å². The summed E-state index contributed by atoms with van der Waals surface area (Å²) in [7, 11) is -1.99. The molecular formula is C14H22N4O4S. The van der Waals surface area contributed by atoms with Gasteiger partial charge in [-0.15, -0.1) is 0 Å². The Morgan fingerprint density at radius 1 is 1.39 bits per heavy atom. The maximum atomic E-state index is 11.7. The number of hydrogen-bond acceptors (Lipinski definition) is 6. The first-order valence-corrected chi connectivity index (χ1v) is 9.17. The number of amides is 1. The molecule has 1 N–H and O–H groups in total. The van der Waals surface area contributed by atoms with Crippen LogP contribution >= 0.6 is 0 Å². The van der Waals surface area contributed by atoms with Crippen LogP contribution in [0.1, 0.15) is 5.56 Å². The Bertz CT molecular complexity index is 627. The molecule has 0 radical (unpaired) electrons. The molecule has 1 fully saturated rings. The van der Waals surface area contributed by atoms with Crippen LogP contribution in [-0.2, 0) is 26.1 Å². The van der Waals surface area contributed by atoms with E-state index in [4.69, 9.17) is 4.74 Å². The molecule has 1 aromatic rings. The second-order valence-corrected chi connectivity index (χ2v) is 7.51. The zero-order valence-electron chi connectivity index (χ0n) is 13.4. The summed E-state index contributed by atoms with van der Waals surface area (Å²) in [6.07, 6.45) is 2.78. The van der Waals surface area contributed by atoms with Crippen molar-refractivity contribution in [3.63, 3.8) is 0 Å². The number of ether oxygens (including phenoxy) is 1. The molecular weight excluding hydrogens is 320 g/mol. The van der Waals surface area contributed by atoms with Gasteiger partial charge >= 0.3 is 0 Å². The van der Waals surface area contributed by atoms with Crippen molar-refractivity contribution >= 4 is 21.7 Å². The zero-order chi connectivity index (χ0) is 16.9.